The normalized spacial score (nSPS) is 24.8. The lowest BCUT2D eigenvalue weighted by Gasteiger charge is -2.32. The topological polar surface area (TPSA) is 52.6 Å². The Kier molecular flexibility index (Phi) is 4.62. The highest BCUT2D eigenvalue weighted by Crippen LogP contribution is 2.37. The minimum absolute atomic E-state index is 0.177. The van der Waals surface area contributed by atoms with Gasteiger partial charge >= 0.3 is 7.12 Å². The van der Waals surface area contributed by atoms with Gasteiger partial charge in [0.1, 0.15) is 0 Å². The molecule has 1 aliphatic carbocycles. The highest BCUT2D eigenvalue weighted by atomic mass is 32.2. The van der Waals surface area contributed by atoms with Crippen LogP contribution in [-0.2, 0) is 32.0 Å². The minimum atomic E-state index is -3.01. The molecule has 1 heterocycles. The third kappa shape index (κ3) is 3.53. The number of hydrogen-bond donors (Lipinski definition) is 0. The number of fused-ring (bicyclic) bond motifs is 1. The average Bonchev–Trinajstić information content (AvgIpc) is 2.94. The Labute approximate surface area is 152 Å². The van der Waals surface area contributed by atoms with Crippen LogP contribution in [0.3, 0.4) is 0 Å². The quantitative estimate of drug-likeness (QED) is 0.771. The molecular formula is C19H29BO4S. The van der Waals surface area contributed by atoms with Gasteiger partial charge in [-0.25, -0.2) is 8.42 Å². The van der Waals surface area contributed by atoms with Crippen molar-refractivity contribution in [3.05, 3.63) is 29.3 Å². The molecule has 0 saturated carbocycles. The first kappa shape index (κ1) is 18.9. The van der Waals surface area contributed by atoms with Crippen molar-refractivity contribution < 1.29 is 17.7 Å². The molecule has 6 heteroatoms. The number of sulfone groups is 1. The Morgan fingerprint density at radius 3 is 2.20 bits per heavy atom. The zero-order valence-electron chi connectivity index (χ0n) is 16.1. The smallest absolute Gasteiger partial charge is 0.399 e. The van der Waals surface area contributed by atoms with Crippen LogP contribution in [0.5, 0.6) is 0 Å². The van der Waals surface area contributed by atoms with Crippen LogP contribution in [0.15, 0.2) is 18.2 Å². The molecular weight excluding hydrogens is 335 g/mol. The van der Waals surface area contributed by atoms with E-state index in [-0.39, 0.29) is 35.2 Å². The lowest BCUT2D eigenvalue weighted by molar-refractivity contribution is 0.00578. The van der Waals surface area contributed by atoms with Crippen molar-refractivity contribution in [3.8, 4) is 0 Å². The van der Waals surface area contributed by atoms with Gasteiger partial charge in [-0.3, -0.25) is 0 Å². The van der Waals surface area contributed by atoms with Crippen molar-refractivity contribution in [2.45, 2.75) is 70.8 Å². The molecule has 0 N–H and O–H groups in total. The maximum atomic E-state index is 12.2. The summed E-state index contributed by atoms with van der Waals surface area (Å²) in [5, 5.41) is -0.309. The van der Waals surface area contributed by atoms with Crippen LogP contribution in [-0.4, -0.2) is 37.7 Å². The molecule has 1 aromatic rings. The molecule has 3 rings (SSSR count). The SMILES string of the molecule is CC(C)S(=O)(=O)C[C@H]1Cc2ccc(B3OC(C)(C)C(C)(C)O3)cc2C1. The van der Waals surface area contributed by atoms with Gasteiger partial charge < -0.3 is 9.31 Å². The predicted molar refractivity (Wildman–Crippen MR) is 102 cm³/mol. The monoisotopic (exact) mass is 364 g/mol. The van der Waals surface area contributed by atoms with Gasteiger partial charge in [-0.1, -0.05) is 18.2 Å². The Morgan fingerprint density at radius 1 is 1.08 bits per heavy atom. The molecule has 0 bridgehead atoms. The fourth-order valence-electron chi connectivity index (χ4n) is 3.49. The summed E-state index contributed by atoms with van der Waals surface area (Å²) in [4.78, 5) is 0. The van der Waals surface area contributed by atoms with Gasteiger partial charge in [0.15, 0.2) is 9.84 Å². The van der Waals surface area contributed by atoms with Crippen LogP contribution >= 0.6 is 0 Å². The zero-order chi connectivity index (χ0) is 18.6. The molecule has 4 nitrogen and oxygen atoms in total. The molecule has 1 saturated heterocycles. The first-order valence-electron chi connectivity index (χ1n) is 9.10. The van der Waals surface area contributed by atoms with Crippen molar-refractivity contribution in [2.24, 2.45) is 5.92 Å². The van der Waals surface area contributed by atoms with E-state index in [1.54, 1.807) is 13.8 Å². The molecule has 1 aromatic carbocycles. The molecule has 1 aliphatic heterocycles. The fraction of sp³-hybridized carbons (Fsp3) is 0.684. The van der Waals surface area contributed by atoms with Gasteiger partial charge in [-0.05, 0) is 76.9 Å². The molecule has 1 atom stereocenters. The third-order valence-corrected chi connectivity index (χ3v) is 8.33. The first-order valence-corrected chi connectivity index (χ1v) is 10.8. The molecule has 0 radical (unpaired) electrons. The van der Waals surface area contributed by atoms with Crippen LogP contribution < -0.4 is 5.46 Å². The second-order valence-electron chi connectivity index (χ2n) is 8.77. The second-order valence-corrected chi connectivity index (χ2v) is 11.4. The summed E-state index contributed by atoms with van der Waals surface area (Å²) >= 11 is 0. The van der Waals surface area contributed by atoms with E-state index in [4.69, 9.17) is 9.31 Å². The molecule has 0 aromatic heterocycles. The van der Waals surface area contributed by atoms with Gasteiger partial charge in [0, 0.05) is 0 Å². The minimum Gasteiger partial charge on any atom is -0.399 e. The van der Waals surface area contributed by atoms with Gasteiger partial charge in [0.05, 0.1) is 22.2 Å². The molecule has 25 heavy (non-hydrogen) atoms. The van der Waals surface area contributed by atoms with Crippen molar-refractivity contribution in [3.63, 3.8) is 0 Å². The standard InChI is InChI=1S/C19H29BO4S/c1-13(2)25(21,22)12-14-9-15-7-8-17(11-16(15)10-14)20-23-18(3,4)19(5,6)24-20/h7-8,11,13-14H,9-10,12H2,1-6H3/t14-/m0/s1. The van der Waals surface area contributed by atoms with E-state index in [1.807, 2.05) is 27.7 Å². The van der Waals surface area contributed by atoms with E-state index in [0.29, 0.717) is 0 Å². The Morgan fingerprint density at radius 2 is 1.64 bits per heavy atom. The Balaban J connectivity index is 1.75. The number of rotatable bonds is 4. The van der Waals surface area contributed by atoms with E-state index in [2.05, 4.69) is 18.2 Å². The van der Waals surface area contributed by atoms with Crippen molar-refractivity contribution in [1.29, 1.82) is 0 Å². The third-order valence-electron chi connectivity index (χ3n) is 5.96. The van der Waals surface area contributed by atoms with Gasteiger partial charge in [-0.2, -0.15) is 0 Å². The molecule has 138 valence electrons. The van der Waals surface area contributed by atoms with Crippen LogP contribution in [0, 0.1) is 5.92 Å². The number of hydrogen-bond acceptors (Lipinski definition) is 4. The lowest BCUT2D eigenvalue weighted by Crippen LogP contribution is -2.41. The lowest BCUT2D eigenvalue weighted by atomic mass is 9.78. The van der Waals surface area contributed by atoms with Crippen LogP contribution in [0.2, 0.25) is 0 Å². The first-order chi connectivity index (χ1) is 11.4. The summed E-state index contributed by atoms with van der Waals surface area (Å²) in [6.45, 7) is 11.7. The summed E-state index contributed by atoms with van der Waals surface area (Å²) in [5.41, 5.74) is 2.79. The van der Waals surface area contributed by atoms with E-state index < -0.39 is 9.84 Å². The van der Waals surface area contributed by atoms with Gasteiger partial charge in [0.25, 0.3) is 0 Å². The van der Waals surface area contributed by atoms with Crippen molar-refractivity contribution in [1.82, 2.24) is 0 Å². The maximum absolute atomic E-state index is 12.2. The summed E-state index contributed by atoms with van der Waals surface area (Å²) in [7, 11) is -3.37. The summed E-state index contributed by atoms with van der Waals surface area (Å²) in [5.74, 6) is 0.446. The Hall–Kier alpha value is -0.845. The van der Waals surface area contributed by atoms with E-state index in [9.17, 15) is 8.42 Å². The second kappa shape index (κ2) is 6.10. The van der Waals surface area contributed by atoms with Gasteiger partial charge in [0.2, 0.25) is 0 Å². The van der Waals surface area contributed by atoms with Crippen LogP contribution in [0.4, 0.5) is 0 Å². The van der Waals surface area contributed by atoms with Crippen molar-refractivity contribution in [2.75, 3.05) is 5.75 Å². The Bertz CT molecular complexity index is 752. The van der Waals surface area contributed by atoms with E-state index in [1.165, 1.54) is 11.1 Å². The highest BCUT2D eigenvalue weighted by Gasteiger charge is 2.51. The molecule has 1 fully saturated rings. The van der Waals surface area contributed by atoms with E-state index in [0.717, 1.165) is 18.3 Å². The summed E-state index contributed by atoms with van der Waals surface area (Å²) in [6, 6.07) is 6.30. The highest BCUT2D eigenvalue weighted by molar-refractivity contribution is 7.91. The summed E-state index contributed by atoms with van der Waals surface area (Å²) < 4.78 is 36.7. The molecule has 0 spiro atoms. The predicted octanol–water partition coefficient (Wildman–Crippen LogP) is 2.52. The van der Waals surface area contributed by atoms with Crippen LogP contribution in [0.1, 0.15) is 52.7 Å². The molecule has 0 amide bonds. The average molecular weight is 364 g/mol. The van der Waals surface area contributed by atoms with E-state index >= 15 is 0 Å². The van der Waals surface area contributed by atoms with Crippen molar-refractivity contribution >= 4 is 22.4 Å². The zero-order valence-corrected chi connectivity index (χ0v) is 16.9. The van der Waals surface area contributed by atoms with Gasteiger partial charge in [-0.15, -0.1) is 0 Å². The molecule has 2 aliphatic rings. The largest absolute Gasteiger partial charge is 0.494 e. The summed E-state index contributed by atoms with van der Waals surface area (Å²) in [6.07, 6.45) is 1.65. The molecule has 0 unspecified atom stereocenters. The van der Waals surface area contributed by atoms with Crippen LogP contribution in [0.25, 0.3) is 0 Å². The maximum Gasteiger partial charge on any atom is 0.494 e. The number of benzene rings is 1. The fourth-order valence-corrected chi connectivity index (χ4v) is 4.77.